The highest BCUT2D eigenvalue weighted by atomic mass is 35.5. The lowest BCUT2D eigenvalue weighted by Crippen LogP contribution is -2.16. The molecule has 0 unspecified atom stereocenters. The molecule has 0 aliphatic carbocycles. The highest BCUT2D eigenvalue weighted by Gasteiger charge is 2.16. The van der Waals surface area contributed by atoms with Crippen molar-refractivity contribution < 1.29 is 9.18 Å². The first-order valence-corrected chi connectivity index (χ1v) is 5.99. The maximum Gasteiger partial charge on any atom is 0.259 e. The van der Waals surface area contributed by atoms with Gasteiger partial charge in [-0.1, -0.05) is 29.8 Å². The van der Waals surface area contributed by atoms with Gasteiger partial charge in [-0.2, -0.15) is 0 Å². The monoisotopic (exact) mass is 278 g/mol. The van der Waals surface area contributed by atoms with Crippen LogP contribution >= 0.6 is 11.6 Å². The van der Waals surface area contributed by atoms with E-state index in [1.165, 1.54) is 6.07 Å². The number of carbonyl (C=O) groups excluding carboxylic acids is 1. The van der Waals surface area contributed by atoms with E-state index in [0.717, 1.165) is 0 Å². The minimum atomic E-state index is -0.531. The van der Waals surface area contributed by atoms with Crippen LogP contribution in [0.1, 0.15) is 15.9 Å². The van der Waals surface area contributed by atoms with Crippen LogP contribution < -0.4 is 11.1 Å². The van der Waals surface area contributed by atoms with E-state index >= 15 is 0 Å². The zero-order valence-corrected chi connectivity index (χ0v) is 11.0. The smallest absolute Gasteiger partial charge is 0.259 e. The molecule has 19 heavy (non-hydrogen) atoms. The quantitative estimate of drug-likeness (QED) is 0.824. The molecule has 2 aromatic carbocycles. The van der Waals surface area contributed by atoms with Crippen molar-refractivity contribution in [1.82, 2.24) is 0 Å². The molecular formula is C14H12ClFN2O. The summed E-state index contributed by atoms with van der Waals surface area (Å²) in [5, 5.41) is 2.73. The fourth-order valence-corrected chi connectivity index (χ4v) is 2.01. The molecule has 0 fully saturated rings. The third kappa shape index (κ3) is 2.69. The summed E-state index contributed by atoms with van der Waals surface area (Å²) in [6, 6.07) is 9.32. The first kappa shape index (κ1) is 13.4. The van der Waals surface area contributed by atoms with Gasteiger partial charge >= 0.3 is 0 Å². The van der Waals surface area contributed by atoms with Crippen LogP contribution in [0, 0.1) is 12.7 Å². The van der Waals surface area contributed by atoms with Crippen molar-refractivity contribution in [2.75, 3.05) is 11.1 Å². The van der Waals surface area contributed by atoms with Crippen LogP contribution in [-0.4, -0.2) is 5.91 Å². The Balaban J connectivity index is 2.37. The maximum atomic E-state index is 13.6. The minimum absolute atomic E-state index is 0.131. The highest BCUT2D eigenvalue weighted by molar-refractivity contribution is 6.35. The molecule has 0 heterocycles. The summed E-state index contributed by atoms with van der Waals surface area (Å²) in [5.74, 6) is -1.03. The molecule has 0 saturated carbocycles. The zero-order chi connectivity index (χ0) is 14.0. The Kier molecular flexibility index (Phi) is 3.71. The Morgan fingerprint density at radius 1 is 1.26 bits per heavy atom. The van der Waals surface area contributed by atoms with Crippen LogP contribution in [0.2, 0.25) is 5.02 Å². The van der Waals surface area contributed by atoms with E-state index in [9.17, 15) is 9.18 Å². The maximum absolute atomic E-state index is 13.6. The zero-order valence-electron chi connectivity index (χ0n) is 10.2. The van der Waals surface area contributed by atoms with Crippen molar-refractivity contribution in [3.05, 3.63) is 58.4 Å². The molecule has 98 valence electrons. The van der Waals surface area contributed by atoms with Crippen molar-refractivity contribution in [3.63, 3.8) is 0 Å². The van der Waals surface area contributed by atoms with Gasteiger partial charge in [-0.3, -0.25) is 4.79 Å². The number of hydrogen-bond acceptors (Lipinski definition) is 2. The fourth-order valence-electron chi connectivity index (χ4n) is 1.75. The summed E-state index contributed by atoms with van der Waals surface area (Å²) in [4.78, 5) is 12.1. The molecule has 0 spiro atoms. The molecule has 0 aromatic heterocycles. The first-order valence-electron chi connectivity index (χ1n) is 5.61. The van der Waals surface area contributed by atoms with Gasteiger partial charge in [0.15, 0.2) is 0 Å². The number of benzene rings is 2. The predicted molar refractivity (Wildman–Crippen MR) is 75.0 cm³/mol. The van der Waals surface area contributed by atoms with Gasteiger partial charge in [0.1, 0.15) is 5.82 Å². The molecule has 5 heteroatoms. The number of aryl methyl sites for hydroxylation is 1. The fraction of sp³-hybridized carbons (Fsp3) is 0.0714. The largest absolute Gasteiger partial charge is 0.398 e. The predicted octanol–water partition coefficient (Wildman–Crippen LogP) is 3.62. The van der Waals surface area contributed by atoms with Crippen LogP contribution in [0.3, 0.4) is 0 Å². The average molecular weight is 279 g/mol. The molecule has 0 aliphatic heterocycles. The van der Waals surface area contributed by atoms with Gasteiger partial charge in [0.2, 0.25) is 0 Å². The number of halogens is 2. The second kappa shape index (κ2) is 5.28. The number of amides is 1. The third-order valence-electron chi connectivity index (χ3n) is 2.73. The summed E-state index contributed by atoms with van der Waals surface area (Å²) in [6.45, 7) is 1.70. The van der Waals surface area contributed by atoms with E-state index in [1.54, 1.807) is 37.3 Å². The van der Waals surface area contributed by atoms with E-state index in [1.807, 2.05) is 0 Å². The van der Waals surface area contributed by atoms with Crippen LogP contribution in [-0.2, 0) is 0 Å². The van der Waals surface area contributed by atoms with Crippen molar-refractivity contribution in [2.45, 2.75) is 6.92 Å². The second-order valence-corrected chi connectivity index (χ2v) is 4.50. The van der Waals surface area contributed by atoms with Gasteiger partial charge in [-0.25, -0.2) is 4.39 Å². The number of para-hydroxylation sites is 1. The number of carbonyl (C=O) groups is 1. The van der Waals surface area contributed by atoms with Crippen LogP contribution in [0.4, 0.5) is 15.8 Å². The lowest BCUT2D eigenvalue weighted by molar-refractivity contribution is 0.102. The topological polar surface area (TPSA) is 55.1 Å². The van der Waals surface area contributed by atoms with Crippen molar-refractivity contribution in [2.24, 2.45) is 0 Å². The summed E-state index contributed by atoms with van der Waals surface area (Å²) in [5.41, 5.74) is 6.86. The number of rotatable bonds is 2. The molecule has 0 aliphatic rings. The van der Waals surface area contributed by atoms with Crippen LogP contribution in [0.5, 0.6) is 0 Å². The molecule has 2 aromatic rings. The second-order valence-electron chi connectivity index (χ2n) is 4.09. The van der Waals surface area contributed by atoms with E-state index in [4.69, 9.17) is 17.3 Å². The Morgan fingerprint density at radius 2 is 1.95 bits per heavy atom. The Bertz CT molecular complexity index is 603. The third-order valence-corrected chi connectivity index (χ3v) is 3.05. The summed E-state index contributed by atoms with van der Waals surface area (Å²) < 4.78 is 13.6. The van der Waals surface area contributed by atoms with E-state index in [-0.39, 0.29) is 22.0 Å². The molecule has 0 radical (unpaired) electrons. The Labute approximate surface area is 115 Å². The standard InChI is InChI=1S/C14H12ClFN2O/c1-8-4-2-6-10(16)13(8)18-14(19)12-9(15)5-3-7-11(12)17/h2-7H,17H2,1H3,(H,18,19). The Morgan fingerprint density at radius 3 is 2.58 bits per heavy atom. The van der Waals surface area contributed by atoms with Gasteiger partial charge in [-0.05, 0) is 30.7 Å². The molecule has 2 rings (SSSR count). The number of nitrogens with two attached hydrogens (primary N) is 1. The van der Waals surface area contributed by atoms with Gasteiger partial charge in [-0.15, -0.1) is 0 Å². The Hall–Kier alpha value is -2.07. The lowest BCUT2D eigenvalue weighted by Gasteiger charge is -2.11. The van der Waals surface area contributed by atoms with Crippen LogP contribution in [0.25, 0.3) is 0 Å². The highest BCUT2D eigenvalue weighted by Crippen LogP contribution is 2.25. The van der Waals surface area contributed by atoms with Crippen molar-refractivity contribution in [3.8, 4) is 0 Å². The molecule has 1 amide bonds. The molecular weight excluding hydrogens is 267 g/mol. The van der Waals surface area contributed by atoms with Crippen molar-refractivity contribution in [1.29, 1.82) is 0 Å². The molecule has 0 bridgehead atoms. The van der Waals surface area contributed by atoms with E-state index < -0.39 is 11.7 Å². The number of anilines is 2. The SMILES string of the molecule is Cc1cccc(F)c1NC(=O)c1c(N)cccc1Cl. The molecule has 0 atom stereocenters. The first-order chi connectivity index (χ1) is 9.00. The number of nitrogen functional groups attached to an aromatic ring is 1. The van der Waals surface area contributed by atoms with E-state index in [0.29, 0.717) is 5.56 Å². The lowest BCUT2D eigenvalue weighted by atomic mass is 10.1. The summed E-state index contributed by atoms with van der Waals surface area (Å²) >= 11 is 5.94. The van der Waals surface area contributed by atoms with Gasteiger partial charge in [0, 0.05) is 5.69 Å². The molecule has 0 saturated heterocycles. The van der Waals surface area contributed by atoms with Crippen molar-refractivity contribution >= 4 is 28.9 Å². The van der Waals surface area contributed by atoms with Crippen LogP contribution in [0.15, 0.2) is 36.4 Å². The van der Waals surface area contributed by atoms with E-state index in [2.05, 4.69) is 5.32 Å². The van der Waals surface area contributed by atoms with Gasteiger partial charge in [0.25, 0.3) is 5.91 Å². The van der Waals surface area contributed by atoms with Gasteiger partial charge in [0.05, 0.1) is 16.3 Å². The minimum Gasteiger partial charge on any atom is -0.398 e. The molecule has 3 N–H and O–H groups in total. The van der Waals surface area contributed by atoms with Gasteiger partial charge < -0.3 is 11.1 Å². The molecule has 3 nitrogen and oxygen atoms in total. The summed E-state index contributed by atoms with van der Waals surface area (Å²) in [7, 11) is 0. The number of nitrogens with one attached hydrogen (secondary N) is 1. The normalized spacial score (nSPS) is 10.3. The number of hydrogen-bond donors (Lipinski definition) is 2. The average Bonchev–Trinajstić information content (AvgIpc) is 2.34. The summed E-state index contributed by atoms with van der Waals surface area (Å²) in [6.07, 6.45) is 0.